The quantitative estimate of drug-likeness (QED) is 0.754. The van der Waals surface area contributed by atoms with Gasteiger partial charge in [-0.25, -0.2) is 0 Å². The van der Waals surface area contributed by atoms with Gasteiger partial charge in [0.1, 0.15) is 5.69 Å². The summed E-state index contributed by atoms with van der Waals surface area (Å²) in [4.78, 5) is 23.7. The van der Waals surface area contributed by atoms with Crippen molar-refractivity contribution >= 4 is 28.8 Å². The Morgan fingerprint density at radius 3 is 2.82 bits per heavy atom. The minimum atomic E-state index is -0.257. The van der Waals surface area contributed by atoms with Crippen LogP contribution in [-0.2, 0) is 7.05 Å². The summed E-state index contributed by atoms with van der Waals surface area (Å²) in [5.74, 6) is -0.257. The van der Waals surface area contributed by atoms with Gasteiger partial charge in [0.05, 0.1) is 6.20 Å². The molecule has 1 amide bonds. The van der Waals surface area contributed by atoms with Gasteiger partial charge in [0.2, 0.25) is 0 Å². The van der Waals surface area contributed by atoms with Gasteiger partial charge in [-0.2, -0.15) is 0 Å². The van der Waals surface area contributed by atoms with Crippen molar-refractivity contribution in [1.82, 2.24) is 9.72 Å². The third kappa shape index (κ3) is 2.09. The topological polar surface area (TPSA) is 77.1 Å². The van der Waals surface area contributed by atoms with Crippen LogP contribution in [0.25, 0.3) is 11.0 Å². The van der Waals surface area contributed by atoms with Crippen LogP contribution in [0.15, 0.2) is 28.9 Å². The van der Waals surface area contributed by atoms with Crippen LogP contribution in [0.3, 0.4) is 0 Å². The molecule has 0 atom stereocenters. The number of aldehydes is 1. The zero-order valence-corrected chi connectivity index (χ0v) is 12.5. The Morgan fingerprint density at radius 2 is 2.14 bits per heavy atom. The Hall–Kier alpha value is -2.89. The number of carbonyl (C=O) groups excluding carboxylic acids is 2. The molecule has 2 aromatic heterocycles. The van der Waals surface area contributed by atoms with Crippen LogP contribution in [-0.4, -0.2) is 21.9 Å². The van der Waals surface area contributed by atoms with Crippen molar-refractivity contribution < 1.29 is 14.1 Å². The summed E-state index contributed by atoms with van der Waals surface area (Å²) in [5.41, 5.74) is 3.79. The number of carbonyl (C=O) groups is 2. The maximum absolute atomic E-state index is 12.5. The fourth-order valence-corrected chi connectivity index (χ4v) is 2.64. The van der Waals surface area contributed by atoms with Crippen molar-refractivity contribution in [3.63, 3.8) is 0 Å². The summed E-state index contributed by atoms with van der Waals surface area (Å²) in [6.45, 7) is 3.59. The Kier molecular flexibility index (Phi) is 3.29. The van der Waals surface area contributed by atoms with Gasteiger partial charge in [-0.1, -0.05) is 5.16 Å². The summed E-state index contributed by atoms with van der Waals surface area (Å²) < 4.78 is 6.76. The molecule has 0 unspecified atom stereocenters. The number of rotatable bonds is 3. The maximum Gasteiger partial charge on any atom is 0.272 e. The van der Waals surface area contributed by atoms with Crippen LogP contribution in [0.5, 0.6) is 0 Å². The smallest absolute Gasteiger partial charge is 0.272 e. The minimum absolute atomic E-state index is 0.257. The number of fused-ring (bicyclic) bond motifs is 1. The van der Waals surface area contributed by atoms with Crippen LogP contribution in [0.4, 0.5) is 5.69 Å². The van der Waals surface area contributed by atoms with Crippen molar-refractivity contribution in [2.75, 3.05) is 5.32 Å². The molecule has 1 N–H and O–H groups in total. The van der Waals surface area contributed by atoms with Crippen LogP contribution in [0, 0.1) is 13.8 Å². The van der Waals surface area contributed by atoms with E-state index in [1.54, 1.807) is 42.9 Å². The molecule has 0 radical (unpaired) electrons. The van der Waals surface area contributed by atoms with E-state index in [9.17, 15) is 9.59 Å². The molecule has 0 aliphatic carbocycles. The molecule has 1 aromatic carbocycles. The molecule has 22 heavy (non-hydrogen) atoms. The molecule has 0 aliphatic heterocycles. The molecule has 0 saturated carbocycles. The molecule has 0 fully saturated rings. The zero-order valence-electron chi connectivity index (χ0n) is 12.5. The van der Waals surface area contributed by atoms with E-state index in [1.807, 2.05) is 6.92 Å². The van der Waals surface area contributed by atoms with E-state index in [-0.39, 0.29) is 5.91 Å². The van der Waals surface area contributed by atoms with Gasteiger partial charge in [-0.15, -0.1) is 0 Å². The number of hydrogen-bond donors (Lipinski definition) is 1. The van der Waals surface area contributed by atoms with E-state index in [2.05, 4.69) is 10.5 Å². The van der Waals surface area contributed by atoms with E-state index in [0.717, 1.165) is 17.4 Å². The van der Waals surface area contributed by atoms with Crippen molar-refractivity contribution in [3.05, 3.63) is 46.9 Å². The lowest BCUT2D eigenvalue weighted by Gasteiger charge is -2.08. The molecule has 6 nitrogen and oxygen atoms in total. The highest BCUT2D eigenvalue weighted by atomic mass is 16.5. The maximum atomic E-state index is 12.5. The second-order valence-electron chi connectivity index (χ2n) is 5.18. The fourth-order valence-electron chi connectivity index (χ4n) is 2.64. The third-order valence-electron chi connectivity index (χ3n) is 3.93. The number of nitrogens with one attached hydrogen (secondary N) is 1. The van der Waals surface area contributed by atoms with Gasteiger partial charge in [-0.05, 0) is 37.6 Å². The minimum Gasteiger partial charge on any atom is -0.356 e. The largest absolute Gasteiger partial charge is 0.356 e. The highest BCUT2D eigenvalue weighted by molar-refractivity contribution is 6.06. The Bertz CT molecular complexity index is 890. The van der Waals surface area contributed by atoms with Crippen molar-refractivity contribution in [3.8, 4) is 0 Å². The molecule has 2 heterocycles. The lowest BCUT2D eigenvalue weighted by molar-refractivity contribution is 0.101. The summed E-state index contributed by atoms with van der Waals surface area (Å²) in [6, 6.07) is 5.28. The first kappa shape index (κ1) is 14.1. The number of nitrogens with zero attached hydrogens (tertiary/aromatic N) is 2. The third-order valence-corrected chi connectivity index (χ3v) is 3.93. The molecule has 0 saturated heterocycles. The predicted octanol–water partition coefficient (Wildman–Crippen LogP) is 2.85. The van der Waals surface area contributed by atoms with Crippen molar-refractivity contribution in [2.45, 2.75) is 13.8 Å². The van der Waals surface area contributed by atoms with Crippen LogP contribution < -0.4 is 5.32 Å². The fraction of sp³-hybridized carbons (Fsp3) is 0.188. The molecule has 0 spiro atoms. The average molecular weight is 297 g/mol. The highest BCUT2D eigenvalue weighted by Crippen LogP contribution is 2.22. The van der Waals surface area contributed by atoms with E-state index in [4.69, 9.17) is 4.52 Å². The summed E-state index contributed by atoms with van der Waals surface area (Å²) in [5, 5.41) is 7.36. The first-order chi connectivity index (χ1) is 10.5. The number of aromatic nitrogens is 2. The molecule has 3 rings (SSSR count). The molecule has 6 heteroatoms. The van der Waals surface area contributed by atoms with Crippen molar-refractivity contribution in [2.24, 2.45) is 7.05 Å². The van der Waals surface area contributed by atoms with Gasteiger partial charge < -0.3 is 14.4 Å². The van der Waals surface area contributed by atoms with E-state index in [0.29, 0.717) is 28.1 Å². The Balaban J connectivity index is 1.96. The summed E-state index contributed by atoms with van der Waals surface area (Å²) in [6.07, 6.45) is 2.37. The molecular formula is C16H15N3O3. The van der Waals surface area contributed by atoms with Crippen LogP contribution in [0.2, 0.25) is 0 Å². The summed E-state index contributed by atoms with van der Waals surface area (Å²) in [7, 11) is 1.77. The van der Waals surface area contributed by atoms with Gasteiger partial charge in [0.15, 0.2) is 11.9 Å². The normalized spacial score (nSPS) is 10.9. The monoisotopic (exact) mass is 297 g/mol. The standard InChI is InChI=1S/C16H15N3O3/c1-9-13(8-20)10(2)19(3)15(9)16(21)18-12-4-5-14-11(6-12)7-17-22-14/h4-8H,1-3H3,(H,18,21). The zero-order chi connectivity index (χ0) is 15.9. The SMILES string of the molecule is Cc1c(C=O)c(C)n(C)c1C(=O)Nc1ccc2oncc2c1. The molecule has 112 valence electrons. The van der Waals surface area contributed by atoms with Crippen molar-refractivity contribution in [1.29, 1.82) is 0 Å². The van der Waals surface area contributed by atoms with E-state index in [1.165, 1.54) is 0 Å². The molecular weight excluding hydrogens is 282 g/mol. The van der Waals surface area contributed by atoms with Gasteiger partial charge in [0, 0.05) is 29.4 Å². The lowest BCUT2D eigenvalue weighted by Crippen LogP contribution is -2.17. The van der Waals surface area contributed by atoms with Gasteiger partial charge in [-0.3, -0.25) is 9.59 Å². The Morgan fingerprint density at radius 1 is 1.36 bits per heavy atom. The summed E-state index contributed by atoms with van der Waals surface area (Å²) >= 11 is 0. The van der Waals surface area contributed by atoms with Gasteiger partial charge in [0.25, 0.3) is 5.91 Å². The molecule has 0 aliphatic rings. The number of amides is 1. The van der Waals surface area contributed by atoms with Crippen LogP contribution in [0.1, 0.15) is 32.1 Å². The highest BCUT2D eigenvalue weighted by Gasteiger charge is 2.20. The predicted molar refractivity (Wildman–Crippen MR) is 82.2 cm³/mol. The molecule has 0 bridgehead atoms. The van der Waals surface area contributed by atoms with E-state index < -0.39 is 0 Å². The lowest BCUT2D eigenvalue weighted by atomic mass is 10.1. The van der Waals surface area contributed by atoms with Gasteiger partial charge >= 0.3 is 0 Å². The first-order valence-electron chi connectivity index (χ1n) is 6.79. The number of benzene rings is 1. The van der Waals surface area contributed by atoms with Crippen LogP contribution >= 0.6 is 0 Å². The second kappa shape index (κ2) is 5.14. The number of hydrogen-bond acceptors (Lipinski definition) is 4. The second-order valence-corrected chi connectivity index (χ2v) is 5.18. The average Bonchev–Trinajstić information content (AvgIpc) is 3.02. The number of anilines is 1. The first-order valence-corrected chi connectivity index (χ1v) is 6.79. The Labute approximate surface area is 126 Å². The van der Waals surface area contributed by atoms with E-state index >= 15 is 0 Å². The molecule has 3 aromatic rings.